The van der Waals surface area contributed by atoms with Crippen molar-refractivity contribution in [3.05, 3.63) is 149 Å². The Balaban J connectivity index is 1.54. The van der Waals surface area contributed by atoms with Crippen LogP contribution in [0.25, 0.3) is 11.8 Å². The first-order valence-corrected chi connectivity index (χ1v) is 16.5. The average molecular weight is 712 g/mol. The van der Waals surface area contributed by atoms with Gasteiger partial charge in [-0.15, -0.1) is 0 Å². The molecule has 0 amide bonds. The van der Waals surface area contributed by atoms with Gasteiger partial charge in [-0.1, -0.05) is 94.0 Å². The second kappa shape index (κ2) is 14.2. The van der Waals surface area contributed by atoms with Crippen molar-refractivity contribution in [2.75, 3.05) is 20.8 Å². The van der Waals surface area contributed by atoms with Crippen LogP contribution in [0.3, 0.4) is 0 Å². The zero-order valence-electron chi connectivity index (χ0n) is 25.9. The van der Waals surface area contributed by atoms with Crippen molar-refractivity contribution < 1.29 is 23.7 Å². The van der Waals surface area contributed by atoms with Gasteiger partial charge in [0.25, 0.3) is 5.56 Å². The molecule has 1 atom stereocenters. The molecule has 0 radical (unpaired) electrons. The van der Waals surface area contributed by atoms with Gasteiger partial charge in [-0.3, -0.25) is 9.36 Å². The van der Waals surface area contributed by atoms with E-state index < -0.39 is 12.0 Å². The van der Waals surface area contributed by atoms with Crippen molar-refractivity contribution in [1.82, 2.24) is 4.57 Å². The Bertz CT molecular complexity index is 2140. The van der Waals surface area contributed by atoms with E-state index in [9.17, 15) is 9.59 Å². The number of fused-ring (bicyclic) bond motifs is 1. The lowest BCUT2D eigenvalue weighted by Crippen LogP contribution is -2.40. The highest BCUT2D eigenvalue weighted by Gasteiger charge is 2.35. The molecule has 4 aromatic carbocycles. The molecule has 1 aliphatic rings. The fourth-order valence-electron chi connectivity index (χ4n) is 5.39. The number of benzene rings is 4. The first kappa shape index (κ1) is 32.0. The molecule has 47 heavy (non-hydrogen) atoms. The van der Waals surface area contributed by atoms with Crippen LogP contribution in [-0.4, -0.2) is 31.4 Å². The summed E-state index contributed by atoms with van der Waals surface area (Å²) in [5.41, 5.74) is 3.51. The Morgan fingerprint density at radius 1 is 0.915 bits per heavy atom. The fourth-order valence-corrected chi connectivity index (χ4v) is 6.65. The number of halogens is 1. The van der Waals surface area contributed by atoms with Gasteiger partial charge in [-0.05, 0) is 54.5 Å². The predicted octanol–water partition coefficient (Wildman–Crippen LogP) is 6.29. The number of carbonyl (C=O) groups excluding carboxylic acids is 1. The Hall–Kier alpha value is -4.93. The number of ether oxygens (including phenoxy) is 4. The molecule has 0 fully saturated rings. The summed E-state index contributed by atoms with van der Waals surface area (Å²) in [7, 11) is 3.10. The van der Waals surface area contributed by atoms with Gasteiger partial charge in [0.15, 0.2) is 16.3 Å². The number of methoxy groups -OCH3 is 2. The molecule has 0 saturated heterocycles. The molecule has 238 valence electrons. The Labute approximate surface area is 284 Å². The topological polar surface area (TPSA) is 88.4 Å². The second-order valence-corrected chi connectivity index (χ2v) is 12.4. The normalized spacial score (nSPS) is 14.3. The van der Waals surface area contributed by atoms with Crippen molar-refractivity contribution >= 4 is 45.0 Å². The minimum atomic E-state index is -0.855. The Kier molecular flexibility index (Phi) is 9.70. The quantitative estimate of drug-likeness (QED) is 0.158. The van der Waals surface area contributed by atoms with E-state index in [1.54, 1.807) is 37.8 Å². The van der Waals surface area contributed by atoms with E-state index in [1.165, 1.54) is 11.3 Å². The minimum absolute atomic E-state index is 0.157. The van der Waals surface area contributed by atoms with E-state index >= 15 is 0 Å². The Morgan fingerprint density at radius 2 is 1.64 bits per heavy atom. The summed E-state index contributed by atoms with van der Waals surface area (Å²) in [5.74, 6) is 1.06. The lowest BCUT2D eigenvalue weighted by molar-refractivity contribution is -0.138. The van der Waals surface area contributed by atoms with Crippen LogP contribution in [-0.2, 0) is 16.1 Å². The van der Waals surface area contributed by atoms with Crippen LogP contribution in [0.4, 0.5) is 0 Å². The third kappa shape index (κ3) is 6.65. The van der Waals surface area contributed by atoms with Gasteiger partial charge in [-0.2, -0.15) is 0 Å². The largest absolute Gasteiger partial charge is 0.493 e. The number of hydrogen-bond donors (Lipinski definition) is 0. The second-order valence-electron chi connectivity index (χ2n) is 10.5. The van der Waals surface area contributed by atoms with E-state index in [1.807, 2.05) is 91.0 Å². The SMILES string of the molecule is CCOC(=O)C1=C(c2ccccc2)N=c2s/c(=C\c3ccccc3OCc3ccc(Br)cc3)c(=O)n2[C@H]1c1ccc(OC)c(OC)c1. The molecule has 5 aromatic rings. The number of rotatable bonds is 10. The first-order chi connectivity index (χ1) is 22.9. The lowest BCUT2D eigenvalue weighted by atomic mass is 9.93. The molecule has 10 heteroatoms. The third-order valence-electron chi connectivity index (χ3n) is 7.61. The maximum absolute atomic E-state index is 14.4. The maximum atomic E-state index is 14.4. The standard InChI is InChI=1S/C37H31BrN2O6S/c1-4-45-36(42)32-33(24-10-6-5-7-11-24)39-37-40(34(32)26-16-19-29(43-2)30(20-26)44-3)35(41)31(47-37)21-25-12-8-9-13-28(25)46-22-23-14-17-27(38)18-15-23/h5-21,34H,4,22H2,1-3H3/b31-21-/t34-/m0/s1. The van der Waals surface area contributed by atoms with E-state index in [-0.39, 0.29) is 17.7 Å². The van der Waals surface area contributed by atoms with Crippen molar-refractivity contribution in [3.8, 4) is 17.2 Å². The molecule has 0 saturated carbocycles. The summed E-state index contributed by atoms with van der Waals surface area (Å²) in [5, 5.41) is 0. The number of esters is 1. The molecule has 0 aliphatic carbocycles. The van der Waals surface area contributed by atoms with Crippen LogP contribution in [0.2, 0.25) is 0 Å². The molecule has 6 rings (SSSR count). The van der Waals surface area contributed by atoms with E-state index in [0.717, 1.165) is 21.2 Å². The summed E-state index contributed by atoms with van der Waals surface area (Å²) in [4.78, 5) is 33.5. The van der Waals surface area contributed by atoms with Crippen LogP contribution >= 0.6 is 27.3 Å². The number of nitrogens with zero attached hydrogens (tertiary/aromatic N) is 2. The zero-order chi connectivity index (χ0) is 32.9. The fraction of sp³-hybridized carbons (Fsp3) is 0.162. The average Bonchev–Trinajstić information content (AvgIpc) is 3.41. The van der Waals surface area contributed by atoms with Gasteiger partial charge in [0.2, 0.25) is 0 Å². The molecule has 1 aromatic heterocycles. The molecule has 8 nitrogen and oxygen atoms in total. The van der Waals surface area contributed by atoms with Crippen molar-refractivity contribution in [2.45, 2.75) is 19.6 Å². The van der Waals surface area contributed by atoms with Crippen LogP contribution in [0.5, 0.6) is 17.2 Å². The highest BCUT2D eigenvalue weighted by atomic mass is 79.9. The highest BCUT2D eigenvalue weighted by molar-refractivity contribution is 9.10. The summed E-state index contributed by atoms with van der Waals surface area (Å²) < 4.78 is 25.8. The molecule has 0 N–H and O–H groups in total. The summed E-state index contributed by atoms with van der Waals surface area (Å²) in [6, 6.07) is 29.4. The number of thiazole rings is 1. The monoisotopic (exact) mass is 710 g/mol. The third-order valence-corrected chi connectivity index (χ3v) is 9.12. The van der Waals surface area contributed by atoms with Gasteiger partial charge >= 0.3 is 5.97 Å². The predicted molar refractivity (Wildman–Crippen MR) is 186 cm³/mol. The molecular weight excluding hydrogens is 680 g/mol. The van der Waals surface area contributed by atoms with Gasteiger partial charge in [-0.25, -0.2) is 9.79 Å². The number of para-hydroxylation sites is 1. The highest BCUT2D eigenvalue weighted by Crippen LogP contribution is 2.38. The zero-order valence-corrected chi connectivity index (χ0v) is 28.3. The molecule has 1 aliphatic heterocycles. The van der Waals surface area contributed by atoms with Crippen molar-refractivity contribution in [2.24, 2.45) is 4.99 Å². The maximum Gasteiger partial charge on any atom is 0.338 e. The van der Waals surface area contributed by atoms with E-state index in [0.29, 0.717) is 44.4 Å². The van der Waals surface area contributed by atoms with Crippen molar-refractivity contribution in [1.29, 1.82) is 0 Å². The van der Waals surface area contributed by atoms with E-state index in [2.05, 4.69) is 15.9 Å². The molecular formula is C37H31BrN2O6S. The van der Waals surface area contributed by atoms with Crippen LogP contribution in [0.15, 0.2) is 117 Å². The molecule has 2 heterocycles. The number of hydrogen-bond acceptors (Lipinski definition) is 8. The molecule has 0 bridgehead atoms. The smallest absolute Gasteiger partial charge is 0.338 e. The molecule has 0 unspecified atom stereocenters. The number of aromatic nitrogens is 1. The van der Waals surface area contributed by atoms with Gasteiger partial charge in [0.05, 0.1) is 42.7 Å². The summed E-state index contributed by atoms with van der Waals surface area (Å²) >= 11 is 4.71. The minimum Gasteiger partial charge on any atom is -0.493 e. The van der Waals surface area contributed by atoms with Gasteiger partial charge in [0.1, 0.15) is 12.4 Å². The summed E-state index contributed by atoms with van der Waals surface area (Å²) in [6.07, 6.45) is 1.81. The number of carbonyl (C=O) groups is 1. The Morgan fingerprint density at radius 3 is 2.36 bits per heavy atom. The van der Waals surface area contributed by atoms with E-state index in [4.69, 9.17) is 23.9 Å². The van der Waals surface area contributed by atoms with Crippen LogP contribution in [0, 0.1) is 0 Å². The molecule has 0 spiro atoms. The van der Waals surface area contributed by atoms with Crippen LogP contribution in [0.1, 0.15) is 35.2 Å². The van der Waals surface area contributed by atoms with Crippen molar-refractivity contribution in [3.63, 3.8) is 0 Å². The first-order valence-electron chi connectivity index (χ1n) is 14.9. The lowest BCUT2D eigenvalue weighted by Gasteiger charge is -2.26. The summed E-state index contributed by atoms with van der Waals surface area (Å²) in [6.45, 7) is 2.27. The van der Waals surface area contributed by atoms with Gasteiger partial charge in [0, 0.05) is 15.6 Å². The van der Waals surface area contributed by atoms with Gasteiger partial charge < -0.3 is 18.9 Å². The van der Waals surface area contributed by atoms with Crippen LogP contribution < -0.4 is 29.1 Å².